The predicted molar refractivity (Wildman–Crippen MR) is 362 cm³/mol. The average molecular weight is 1440 g/mol. The molecule has 10 atom stereocenters. The van der Waals surface area contributed by atoms with Gasteiger partial charge in [0.1, 0.15) is 36.0 Å². The molecule has 0 radical (unpaired) electrons. The number of benzene rings is 1. The van der Waals surface area contributed by atoms with E-state index in [0.717, 1.165) is 20.3 Å². The van der Waals surface area contributed by atoms with Crippen molar-refractivity contribution < 1.29 is 109 Å². The van der Waals surface area contributed by atoms with Crippen molar-refractivity contribution >= 4 is 80.5 Å². The highest BCUT2D eigenvalue weighted by Crippen LogP contribution is 2.58. The summed E-state index contributed by atoms with van der Waals surface area (Å²) in [5.74, 6) is -8.04. The molecule has 0 spiro atoms. The summed E-state index contributed by atoms with van der Waals surface area (Å²) in [6.45, 7) is 16.6. The molecule has 0 saturated carbocycles. The molecule has 3 unspecified atom stereocenters. The third-order valence-electron chi connectivity index (χ3n) is 16.0. The molecule has 7 N–H and O–H groups in total. The number of cyclic esters (lactones) is 2. The molecule has 0 bridgehead atoms. The molecule has 33 heteroatoms. The van der Waals surface area contributed by atoms with Gasteiger partial charge in [-0.25, -0.2) is 14.4 Å². The zero-order chi connectivity index (χ0) is 74.0. The molecule has 0 aromatic heterocycles. The van der Waals surface area contributed by atoms with Gasteiger partial charge in [-0.3, -0.25) is 52.4 Å². The molecule has 2 heterocycles. The maximum absolute atomic E-state index is 14.6. The third-order valence-corrected chi connectivity index (χ3v) is 20.0. The summed E-state index contributed by atoms with van der Waals surface area (Å²) in [6.07, 6.45) is 6.27. The topological polar surface area (TPSA) is 406 Å². The largest absolute Gasteiger partial charge is 0.456 e. The molecule has 1 aromatic carbocycles. The Labute approximate surface area is 579 Å². The molecule has 99 heavy (non-hydrogen) atoms. The normalized spacial score (nSPS) is 23.1. The van der Waals surface area contributed by atoms with Gasteiger partial charge in [0.25, 0.3) is 17.7 Å². The number of unbranched alkanes of at least 4 members (excludes halogenated alkanes) is 2. The van der Waals surface area contributed by atoms with Crippen LogP contribution < -0.4 is 31.3 Å². The lowest BCUT2D eigenvalue weighted by molar-refractivity contribution is -0.154. The molecule has 0 aliphatic carbocycles. The SMILES string of the molecule is C/C=C(\C)[C@H]1OC(=O)[C@@H](C)NC(=O)[C@H](C(C)CC)NC(=O)CN(C)C(=O)[C@@H](Cc2ccc(OC(=O)NCCOP(=O)(O)CP(=O)(O)OCCOCCOCCOCCNC(=O)CCCCCN3C(=O)C=CC3=O)cc2)N(C)C(=O)[C@H](C)NC(=O)[C@@H](CC(C)C)OC(=O)/C(C)=C/CC[C@@H]1C. The summed E-state index contributed by atoms with van der Waals surface area (Å²) < 4.78 is 68.3. The molecule has 2 aliphatic heterocycles. The lowest BCUT2D eigenvalue weighted by Crippen LogP contribution is -2.57. The number of rotatable bonds is 33. The number of allylic oxidation sites excluding steroid dienone is 2. The third kappa shape index (κ3) is 32.3. The highest BCUT2D eigenvalue weighted by Gasteiger charge is 2.38. The predicted octanol–water partition coefficient (Wildman–Crippen LogP) is 4.37. The van der Waals surface area contributed by atoms with E-state index in [0.29, 0.717) is 63.6 Å². The number of hydrogen-bond donors (Lipinski definition) is 7. The van der Waals surface area contributed by atoms with E-state index in [1.165, 1.54) is 64.4 Å². The smallest absolute Gasteiger partial charge is 0.412 e. The second-order valence-corrected chi connectivity index (χ2v) is 29.0. The number of nitrogens with one attached hydrogen (secondary N) is 5. The van der Waals surface area contributed by atoms with Crippen LogP contribution in [0.4, 0.5) is 4.79 Å². The van der Waals surface area contributed by atoms with E-state index in [2.05, 4.69) is 26.6 Å². The summed E-state index contributed by atoms with van der Waals surface area (Å²) in [5, 5.41) is 13.1. The molecular formula is C66H104N8O23P2. The number of likely N-dealkylation sites (N-methyl/N-ethyl adjacent to an activating group) is 2. The monoisotopic (exact) mass is 1440 g/mol. The van der Waals surface area contributed by atoms with Gasteiger partial charge in [0.05, 0.1) is 59.4 Å². The molecule has 31 nitrogen and oxygen atoms in total. The first kappa shape index (κ1) is 86.0. The summed E-state index contributed by atoms with van der Waals surface area (Å²) in [6, 6.07) is 0.793. The van der Waals surface area contributed by atoms with Crippen LogP contribution in [0.5, 0.6) is 5.75 Å². The van der Waals surface area contributed by atoms with Gasteiger partial charge in [-0.15, -0.1) is 0 Å². The first-order valence-electron chi connectivity index (χ1n) is 33.3. The van der Waals surface area contributed by atoms with Gasteiger partial charge >= 0.3 is 33.2 Å². The maximum Gasteiger partial charge on any atom is 0.412 e. The van der Waals surface area contributed by atoms with Crippen LogP contribution in [0.3, 0.4) is 0 Å². The van der Waals surface area contributed by atoms with Crippen molar-refractivity contribution in [3.8, 4) is 5.75 Å². The number of hydrogen-bond acceptors (Lipinski definition) is 21. The van der Waals surface area contributed by atoms with Gasteiger partial charge < -0.3 is 83.6 Å². The molecule has 9 amide bonds. The van der Waals surface area contributed by atoms with Gasteiger partial charge in [0.15, 0.2) is 12.0 Å². The fourth-order valence-corrected chi connectivity index (χ4v) is 13.2. The fourth-order valence-electron chi connectivity index (χ4n) is 9.98. The Balaban J connectivity index is 1.56. The van der Waals surface area contributed by atoms with Crippen LogP contribution in [-0.2, 0) is 96.2 Å². The molecule has 0 saturated heterocycles. The summed E-state index contributed by atoms with van der Waals surface area (Å²) >= 11 is 0. The number of carbonyl (C=O) groups is 11. The Morgan fingerprint density at radius 2 is 1.33 bits per heavy atom. The molecule has 1 aromatic rings. The number of imide groups is 1. The summed E-state index contributed by atoms with van der Waals surface area (Å²) in [4.78, 5) is 169. The Kier molecular flexibility index (Phi) is 38.3. The van der Waals surface area contributed by atoms with Crippen LogP contribution >= 0.6 is 15.2 Å². The van der Waals surface area contributed by atoms with E-state index < -0.39 is 131 Å². The zero-order valence-electron chi connectivity index (χ0n) is 59.1. The van der Waals surface area contributed by atoms with Crippen LogP contribution in [0.1, 0.15) is 126 Å². The zero-order valence-corrected chi connectivity index (χ0v) is 60.9. The minimum Gasteiger partial charge on any atom is -0.456 e. The van der Waals surface area contributed by atoms with E-state index in [4.69, 9.17) is 37.5 Å². The van der Waals surface area contributed by atoms with E-state index in [-0.39, 0.29) is 99.9 Å². The molecule has 0 fully saturated rings. The number of carbonyl (C=O) groups excluding carboxylic acids is 11. The first-order valence-corrected chi connectivity index (χ1v) is 36.9. The van der Waals surface area contributed by atoms with Crippen LogP contribution in [0.15, 0.2) is 59.7 Å². The van der Waals surface area contributed by atoms with Crippen LogP contribution in [0, 0.1) is 17.8 Å². The Hall–Kier alpha value is -7.21. The van der Waals surface area contributed by atoms with Crippen molar-refractivity contribution in [1.82, 2.24) is 41.3 Å². The number of ether oxygens (including phenoxy) is 6. The van der Waals surface area contributed by atoms with Crippen molar-refractivity contribution in [1.29, 1.82) is 0 Å². The quantitative estimate of drug-likeness (QED) is 0.0169. The van der Waals surface area contributed by atoms with E-state index in [1.807, 2.05) is 40.7 Å². The fraction of sp³-hybridized carbons (Fsp3) is 0.652. The molecular weight excluding hydrogens is 1330 g/mol. The van der Waals surface area contributed by atoms with Crippen LogP contribution in [0.25, 0.3) is 0 Å². The second-order valence-electron chi connectivity index (χ2n) is 24.8. The highest BCUT2D eigenvalue weighted by atomic mass is 31.2. The maximum atomic E-state index is 14.6. The second kappa shape index (κ2) is 44.1. The van der Waals surface area contributed by atoms with Crippen molar-refractivity contribution in [3.05, 3.63) is 65.3 Å². The lowest BCUT2D eigenvalue weighted by atomic mass is 9.93. The van der Waals surface area contributed by atoms with Crippen molar-refractivity contribution in [3.63, 3.8) is 0 Å². The van der Waals surface area contributed by atoms with Gasteiger partial charge in [-0.05, 0) is 108 Å². The van der Waals surface area contributed by atoms with Crippen molar-refractivity contribution in [2.45, 2.75) is 163 Å². The van der Waals surface area contributed by atoms with Gasteiger partial charge in [-0.2, -0.15) is 0 Å². The van der Waals surface area contributed by atoms with E-state index in [1.54, 1.807) is 26.8 Å². The minimum absolute atomic E-state index is 0.00718. The van der Waals surface area contributed by atoms with Crippen molar-refractivity contribution in [2.75, 3.05) is 99.0 Å². The minimum atomic E-state index is -4.73. The Morgan fingerprint density at radius 1 is 0.747 bits per heavy atom. The van der Waals surface area contributed by atoms with Crippen LogP contribution in [-0.4, -0.2) is 225 Å². The lowest BCUT2D eigenvalue weighted by Gasteiger charge is -2.33. The summed E-state index contributed by atoms with van der Waals surface area (Å²) in [5.41, 5.74) is 1.40. The van der Waals surface area contributed by atoms with Crippen LogP contribution in [0.2, 0.25) is 0 Å². The molecule has 3 rings (SSSR count). The highest BCUT2D eigenvalue weighted by molar-refractivity contribution is 7.70. The van der Waals surface area contributed by atoms with Gasteiger partial charge in [0.2, 0.25) is 29.5 Å². The standard InChI is InChI=1S/C66H104N8O23P2/c1-13-44(5)58-61(80)70-49(10)65(84)97-59(45(6)14-2)46(7)19-18-20-47(8)64(83)96-53(39-43(3)4)60(79)69-48(9)62(81)73(12)52(63(82)72(11)41-55(76)71-58)40-50-22-24-51(25-23-50)95-66(85)68-29-32-93-98(86,87)42-99(88,89)94-38-37-92-36-35-91-34-33-90-31-28-67-54(75)21-16-15-17-30-74-56(77)26-27-57(74)78/h14,20,22-27,43-44,46,48-49,52-53,58-59H,13,15-19,21,28-42H2,1-12H3,(H,67,75)(H,68,85)(H,69,79)(H,70,80)(H,71,76)(H,86,87)(H,88,89)/b45-14+,47-20+/t44?,46-,48-,49+,52+,53+,58-,59+/m0/s1. The van der Waals surface area contributed by atoms with E-state index in [9.17, 15) is 71.7 Å². The van der Waals surface area contributed by atoms with Gasteiger partial charge in [-0.1, -0.05) is 71.7 Å². The first-order chi connectivity index (χ1) is 46.7. The number of nitrogens with zero attached hydrogens (tertiary/aromatic N) is 3. The van der Waals surface area contributed by atoms with Crippen molar-refractivity contribution in [2.24, 2.45) is 17.8 Å². The summed E-state index contributed by atoms with van der Waals surface area (Å²) in [7, 11) is -6.74. The van der Waals surface area contributed by atoms with E-state index >= 15 is 0 Å². The molecule has 556 valence electrons. The Morgan fingerprint density at radius 3 is 1.94 bits per heavy atom. The van der Waals surface area contributed by atoms with Gasteiger partial charge in [0, 0.05) is 64.3 Å². The number of amides is 9. The Bertz CT molecular complexity index is 3050. The average Bonchev–Trinajstić information content (AvgIpc) is 1.42. The number of esters is 2. The molecule has 2 aliphatic rings.